The Hall–Kier alpha value is -1.51. The predicted molar refractivity (Wildman–Crippen MR) is 68.4 cm³/mol. The molecule has 1 aromatic rings. The smallest absolute Gasteiger partial charge is 0.303 e. The van der Waals surface area contributed by atoms with Crippen LogP contribution in [-0.4, -0.2) is 23.7 Å². The van der Waals surface area contributed by atoms with Crippen molar-refractivity contribution in [3.8, 4) is 0 Å². The van der Waals surface area contributed by atoms with Gasteiger partial charge in [0.1, 0.15) is 0 Å². The molecule has 3 heteroatoms. The number of benzene rings is 1. The maximum atomic E-state index is 10.8. The van der Waals surface area contributed by atoms with Crippen molar-refractivity contribution < 1.29 is 9.90 Å². The molecule has 3 nitrogen and oxygen atoms in total. The Labute approximate surface area is 102 Å². The van der Waals surface area contributed by atoms with E-state index in [1.165, 1.54) is 11.3 Å². The van der Waals surface area contributed by atoms with E-state index in [1.807, 2.05) is 13.0 Å². The highest BCUT2D eigenvalue weighted by atomic mass is 16.4. The van der Waals surface area contributed by atoms with Crippen LogP contribution in [-0.2, 0) is 11.2 Å². The zero-order valence-corrected chi connectivity index (χ0v) is 10.4. The number of rotatable bonds is 4. The summed E-state index contributed by atoms with van der Waals surface area (Å²) in [5.41, 5.74) is 2.62. The van der Waals surface area contributed by atoms with E-state index in [1.54, 1.807) is 0 Å². The summed E-state index contributed by atoms with van der Waals surface area (Å²) in [6.07, 6.45) is 1.22. The van der Waals surface area contributed by atoms with E-state index in [2.05, 4.69) is 30.0 Å². The van der Waals surface area contributed by atoms with Gasteiger partial charge in [-0.3, -0.25) is 4.79 Å². The van der Waals surface area contributed by atoms with Gasteiger partial charge in [-0.05, 0) is 30.9 Å². The van der Waals surface area contributed by atoms with Crippen molar-refractivity contribution >= 4 is 11.7 Å². The molecule has 2 unspecified atom stereocenters. The van der Waals surface area contributed by atoms with E-state index in [-0.39, 0.29) is 12.3 Å². The van der Waals surface area contributed by atoms with Gasteiger partial charge in [-0.25, -0.2) is 0 Å². The van der Waals surface area contributed by atoms with Gasteiger partial charge in [0.2, 0.25) is 0 Å². The lowest BCUT2D eigenvalue weighted by atomic mass is 9.95. The molecule has 92 valence electrons. The van der Waals surface area contributed by atoms with Crippen molar-refractivity contribution in [1.82, 2.24) is 0 Å². The first-order valence-corrected chi connectivity index (χ1v) is 6.19. The van der Waals surface area contributed by atoms with Gasteiger partial charge in [-0.1, -0.05) is 25.1 Å². The Morgan fingerprint density at radius 2 is 2.24 bits per heavy atom. The van der Waals surface area contributed by atoms with E-state index in [9.17, 15) is 4.79 Å². The fourth-order valence-corrected chi connectivity index (χ4v) is 2.80. The third kappa shape index (κ3) is 2.28. The number of para-hydroxylation sites is 1. The number of likely N-dealkylation sites (N-methyl/N-ethyl adjacent to an activating group) is 1. The zero-order valence-electron chi connectivity index (χ0n) is 10.4. The molecule has 0 amide bonds. The molecular weight excluding hydrogens is 214 g/mol. The fraction of sp³-hybridized carbons (Fsp3) is 0.500. The summed E-state index contributed by atoms with van der Waals surface area (Å²) in [5, 5.41) is 8.90. The van der Waals surface area contributed by atoms with Crippen molar-refractivity contribution in [3.63, 3.8) is 0 Å². The molecule has 0 bridgehead atoms. The first kappa shape index (κ1) is 12.0. The van der Waals surface area contributed by atoms with E-state index in [0.29, 0.717) is 6.04 Å². The molecule has 0 fully saturated rings. The second kappa shape index (κ2) is 4.78. The lowest BCUT2D eigenvalue weighted by Gasteiger charge is -2.30. The summed E-state index contributed by atoms with van der Waals surface area (Å²) in [5.74, 6) is -0.524. The Balaban J connectivity index is 2.20. The number of hydrogen-bond acceptors (Lipinski definition) is 2. The number of fused-ring (bicyclic) bond motifs is 1. The third-order valence-corrected chi connectivity index (χ3v) is 3.62. The van der Waals surface area contributed by atoms with Crippen LogP contribution in [0.15, 0.2) is 24.3 Å². The number of carbonyl (C=O) groups is 1. The van der Waals surface area contributed by atoms with Crippen molar-refractivity contribution in [3.05, 3.63) is 29.8 Å². The van der Waals surface area contributed by atoms with Crippen LogP contribution >= 0.6 is 0 Å². The second-order valence-corrected chi connectivity index (χ2v) is 4.76. The van der Waals surface area contributed by atoms with Crippen molar-refractivity contribution in [2.45, 2.75) is 32.7 Å². The Bertz CT molecular complexity index is 416. The van der Waals surface area contributed by atoms with Gasteiger partial charge < -0.3 is 10.0 Å². The van der Waals surface area contributed by atoms with Gasteiger partial charge >= 0.3 is 5.97 Å². The van der Waals surface area contributed by atoms with Gasteiger partial charge in [-0.15, -0.1) is 0 Å². The van der Waals surface area contributed by atoms with Gasteiger partial charge in [0.15, 0.2) is 0 Å². The van der Waals surface area contributed by atoms with Gasteiger partial charge in [0.25, 0.3) is 0 Å². The molecule has 0 radical (unpaired) electrons. The van der Waals surface area contributed by atoms with Gasteiger partial charge in [0.05, 0.1) is 0 Å². The molecule has 1 aliphatic heterocycles. The number of carboxylic acid groups (broad SMARTS) is 1. The lowest BCUT2D eigenvalue weighted by molar-refractivity contribution is -0.138. The van der Waals surface area contributed by atoms with E-state index in [0.717, 1.165) is 13.0 Å². The molecular formula is C14H19NO2. The molecule has 17 heavy (non-hydrogen) atoms. The Morgan fingerprint density at radius 3 is 2.88 bits per heavy atom. The van der Waals surface area contributed by atoms with Gasteiger partial charge in [-0.2, -0.15) is 0 Å². The molecule has 0 aliphatic carbocycles. The molecule has 0 spiro atoms. The number of carboxylic acids is 1. The lowest BCUT2D eigenvalue weighted by Crippen LogP contribution is -2.37. The quantitative estimate of drug-likeness (QED) is 0.868. The summed E-state index contributed by atoms with van der Waals surface area (Å²) in [4.78, 5) is 13.2. The molecule has 2 atom stereocenters. The third-order valence-electron chi connectivity index (χ3n) is 3.62. The van der Waals surface area contributed by atoms with Crippen LogP contribution < -0.4 is 4.90 Å². The minimum absolute atomic E-state index is 0.180. The van der Waals surface area contributed by atoms with Crippen molar-refractivity contribution in [2.75, 3.05) is 11.4 Å². The molecule has 0 saturated heterocycles. The molecule has 0 saturated carbocycles. The first-order valence-electron chi connectivity index (χ1n) is 6.19. The van der Waals surface area contributed by atoms with E-state index < -0.39 is 5.97 Å². The second-order valence-electron chi connectivity index (χ2n) is 4.76. The standard InChI is InChI=1S/C14H19NO2/c1-3-15-12-7-5-4-6-11(12)9-13(15)10(2)8-14(16)17/h4-7,10,13H,3,8-9H2,1-2H3,(H,16,17). The average molecular weight is 233 g/mol. The maximum Gasteiger partial charge on any atom is 0.303 e. The average Bonchev–Trinajstić information content (AvgIpc) is 2.66. The van der Waals surface area contributed by atoms with Crippen LogP contribution in [0.3, 0.4) is 0 Å². The van der Waals surface area contributed by atoms with Crippen molar-refractivity contribution in [1.29, 1.82) is 0 Å². The van der Waals surface area contributed by atoms with Crippen LogP contribution in [0, 0.1) is 5.92 Å². The van der Waals surface area contributed by atoms with E-state index >= 15 is 0 Å². The van der Waals surface area contributed by atoms with Crippen LogP contribution in [0.4, 0.5) is 5.69 Å². The molecule has 2 rings (SSSR count). The van der Waals surface area contributed by atoms with Crippen LogP contribution in [0.5, 0.6) is 0 Å². The number of anilines is 1. The molecule has 1 heterocycles. The molecule has 1 N–H and O–H groups in total. The van der Waals surface area contributed by atoms with Crippen LogP contribution in [0.25, 0.3) is 0 Å². The molecule has 0 aromatic heterocycles. The summed E-state index contributed by atoms with van der Waals surface area (Å²) in [7, 11) is 0. The highest BCUT2D eigenvalue weighted by molar-refractivity contribution is 5.68. The summed E-state index contributed by atoms with van der Waals surface area (Å²) in [6, 6.07) is 8.70. The minimum atomic E-state index is -0.704. The van der Waals surface area contributed by atoms with Crippen molar-refractivity contribution in [2.24, 2.45) is 5.92 Å². The minimum Gasteiger partial charge on any atom is -0.481 e. The SMILES string of the molecule is CCN1c2ccccc2CC1C(C)CC(=O)O. The highest BCUT2D eigenvalue weighted by Gasteiger charge is 2.32. The predicted octanol–water partition coefficient (Wildman–Crippen LogP) is 2.55. The number of nitrogens with zero attached hydrogens (tertiary/aromatic N) is 1. The Kier molecular flexibility index (Phi) is 3.36. The van der Waals surface area contributed by atoms with Gasteiger partial charge in [0, 0.05) is 24.7 Å². The molecule has 1 aliphatic rings. The van der Waals surface area contributed by atoms with E-state index in [4.69, 9.17) is 5.11 Å². The Morgan fingerprint density at radius 1 is 1.53 bits per heavy atom. The fourth-order valence-electron chi connectivity index (χ4n) is 2.80. The highest BCUT2D eigenvalue weighted by Crippen LogP contribution is 2.35. The maximum absolute atomic E-state index is 10.8. The first-order chi connectivity index (χ1) is 8.13. The zero-order chi connectivity index (χ0) is 12.4. The van der Waals surface area contributed by atoms with Crippen LogP contribution in [0.1, 0.15) is 25.8 Å². The van der Waals surface area contributed by atoms with Crippen LogP contribution in [0.2, 0.25) is 0 Å². The summed E-state index contributed by atoms with van der Waals surface area (Å²) >= 11 is 0. The largest absolute Gasteiger partial charge is 0.481 e. The normalized spacial score (nSPS) is 20.1. The molecule has 1 aromatic carbocycles. The summed E-state index contributed by atoms with van der Waals surface area (Å²) in [6.45, 7) is 5.10. The number of aliphatic carboxylic acids is 1. The number of hydrogen-bond donors (Lipinski definition) is 1. The topological polar surface area (TPSA) is 40.5 Å². The monoisotopic (exact) mass is 233 g/mol. The summed E-state index contributed by atoms with van der Waals surface area (Å²) < 4.78 is 0.